The summed E-state index contributed by atoms with van der Waals surface area (Å²) < 4.78 is 5.16. The average molecular weight is 273 g/mol. The van der Waals surface area contributed by atoms with Gasteiger partial charge in [-0.15, -0.1) is 0 Å². The SMILES string of the molecule is C[C@H]1CC=C[C@H](NC(=O)OCc2ccccc2)[C@@H]1C=O. The summed E-state index contributed by atoms with van der Waals surface area (Å²) in [6, 6.07) is 9.20. The lowest BCUT2D eigenvalue weighted by Crippen LogP contribution is -2.43. The quantitative estimate of drug-likeness (QED) is 0.678. The van der Waals surface area contributed by atoms with E-state index in [4.69, 9.17) is 4.74 Å². The minimum atomic E-state index is -0.496. The summed E-state index contributed by atoms with van der Waals surface area (Å²) in [6.07, 6.45) is 5.14. The number of carbonyl (C=O) groups is 2. The van der Waals surface area contributed by atoms with Gasteiger partial charge in [-0.3, -0.25) is 0 Å². The van der Waals surface area contributed by atoms with E-state index >= 15 is 0 Å². The summed E-state index contributed by atoms with van der Waals surface area (Å²) in [7, 11) is 0. The second-order valence-corrected chi connectivity index (χ2v) is 5.09. The van der Waals surface area contributed by atoms with E-state index in [0.29, 0.717) is 0 Å². The molecule has 1 aromatic rings. The Kier molecular flexibility index (Phi) is 4.93. The van der Waals surface area contributed by atoms with Crippen molar-refractivity contribution in [3.63, 3.8) is 0 Å². The number of alkyl carbamates (subject to hydrolysis) is 1. The van der Waals surface area contributed by atoms with Gasteiger partial charge >= 0.3 is 6.09 Å². The maximum Gasteiger partial charge on any atom is 0.407 e. The van der Waals surface area contributed by atoms with Gasteiger partial charge in [-0.25, -0.2) is 4.79 Å². The van der Waals surface area contributed by atoms with Crippen molar-refractivity contribution >= 4 is 12.4 Å². The molecule has 0 radical (unpaired) electrons. The molecule has 1 N–H and O–H groups in total. The first kappa shape index (κ1) is 14.3. The van der Waals surface area contributed by atoms with Crippen molar-refractivity contribution in [2.45, 2.75) is 26.0 Å². The number of amides is 1. The van der Waals surface area contributed by atoms with E-state index in [2.05, 4.69) is 5.32 Å². The van der Waals surface area contributed by atoms with Gasteiger partial charge in [0, 0.05) is 5.92 Å². The van der Waals surface area contributed by atoms with Gasteiger partial charge in [-0.1, -0.05) is 49.4 Å². The lowest BCUT2D eigenvalue weighted by atomic mass is 9.82. The fourth-order valence-corrected chi connectivity index (χ4v) is 2.34. The normalized spacial score (nSPS) is 24.9. The predicted molar refractivity (Wildman–Crippen MR) is 76.0 cm³/mol. The Hall–Kier alpha value is -2.10. The Bertz CT molecular complexity index is 484. The molecule has 0 aromatic heterocycles. The van der Waals surface area contributed by atoms with Crippen LogP contribution in [-0.2, 0) is 16.1 Å². The molecule has 4 heteroatoms. The highest BCUT2D eigenvalue weighted by atomic mass is 16.5. The third-order valence-corrected chi connectivity index (χ3v) is 3.58. The Morgan fingerprint density at radius 3 is 2.85 bits per heavy atom. The summed E-state index contributed by atoms with van der Waals surface area (Å²) in [6.45, 7) is 2.23. The number of aldehydes is 1. The average Bonchev–Trinajstić information content (AvgIpc) is 2.46. The Morgan fingerprint density at radius 1 is 1.40 bits per heavy atom. The number of ether oxygens (including phenoxy) is 1. The fraction of sp³-hybridized carbons (Fsp3) is 0.375. The van der Waals surface area contributed by atoms with Gasteiger partial charge in [0.1, 0.15) is 12.9 Å². The van der Waals surface area contributed by atoms with Crippen molar-refractivity contribution in [1.82, 2.24) is 5.32 Å². The Labute approximate surface area is 118 Å². The third kappa shape index (κ3) is 3.70. The van der Waals surface area contributed by atoms with E-state index in [1.54, 1.807) is 0 Å². The first-order chi connectivity index (χ1) is 9.70. The minimum Gasteiger partial charge on any atom is -0.445 e. The van der Waals surface area contributed by atoms with Crippen LogP contribution in [-0.4, -0.2) is 18.4 Å². The molecule has 0 fully saturated rings. The number of allylic oxidation sites excluding steroid dienone is 1. The first-order valence-corrected chi connectivity index (χ1v) is 6.80. The fourth-order valence-electron chi connectivity index (χ4n) is 2.34. The standard InChI is InChI=1S/C16H19NO3/c1-12-6-5-9-15(14(12)10-18)17-16(19)20-11-13-7-3-2-4-8-13/h2-5,7-10,12,14-15H,6,11H2,1H3,(H,17,19)/t12-,14+,15-/m0/s1. The summed E-state index contributed by atoms with van der Waals surface area (Å²) in [5.41, 5.74) is 0.933. The monoisotopic (exact) mass is 273 g/mol. The Morgan fingerprint density at radius 2 is 2.15 bits per heavy atom. The zero-order valence-corrected chi connectivity index (χ0v) is 11.5. The van der Waals surface area contributed by atoms with Crippen LogP contribution in [0.4, 0.5) is 4.79 Å². The van der Waals surface area contributed by atoms with Gasteiger partial charge in [0.15, 0.2) is 0 Å². The molecule has 1 aromatic carbocycles. The van der Waals surface area contributed by atoms with Crippen molar-refractivity contribution in [1.29, 1.82) is 0 Å². The number of benzene rings is 1. The number of carbonyl (C=O) groups excluding carboxylic acids is 2. The van der Waals surface area contributed by atoms with Crippen LogP contribution in [0.25, 0.3) is 0 Å². The molecule has 4 nitrogen and oxygen atoms in total. The highest BCUT2D eigenvalue weighted by Gasteiger charge is 2.28. The molecule has 2 rings (SSSR count). The molecule has 0 aliphatic heterocycles. The highest BCUT2D eigenvalue weighted by molar-refractivity contribution is 5.69. The molecule has 0 bridgehead atoms. The van der Waals surface area contributed by atoms with E-state index < -0.39 is 6.09 Å². The van der Waals surface area contributed by atoms with Crippen molar-refractivity contribution < 1.29 is 14.3 Å². The summed E-state index contributed by atoms with van der Waals surface area (Å²) in [4.78, 5) is 22.9. The molecule has 1 aliphatic rings. The van der Waals surface area contributed by atoms with Gasteiger partial charge in [-0.05, 0) is 17.9 Å². The zero-order valence-electron chi connectivity index (χ0n) is 11.5. The smallest absolute Gasteiger partial charge is 0.407 e. The van der Waals surface area contributed by atoms with Crippen molar-refractivity contribution in [3.8, 4) is 0 Å². The zero-order chi connectivity index (χ0) is 14.4. The molecule has 0 saturated carbocycles. The molecule has 1 amide bonds. The van der Waals surface area contributed by atoms with Crippen LogP contribution in [0.15, 0.2) is 42.5 Å². The molecule has 0 heterocycles. The van der Waals surface area contributed by atoms with E-state index in [9.17, 15) is 9.59 Å². The van der Waals surface area contributed by atoms with Gasteiger partial charge in [-0.2, -0.15) is 0 Å². The Balaban J connectivity index is 1.86. The van der Waals surface area contributed by atoms with Crippen molar-refractivity contribution in [2.75, 3.05) is 0 Å². The summed E-state index contributed by atoms with van der Waals surface area (Å²) >= 11 is 0. The lowest BCUT2D eigenvalue weighted by molar-refractivity contribution is -0.112. The number of hydrogen-bond acceptors (Lipinski definition) is 3. The van der Waals surface area contributed by atoms with Gasteiger partial charge in [0.25, 0.3) is 0 Å². The van der Waals surface area contributed by atoms with Crippen LogP contribution in [0.5, 0.6) is 0 Å². The summed E-state index contributed by atoms with van der Waals surface area (Å²) in [5, 5.41) is 2.74. The number of rotatable bonds is 4. The topological polar surface area (TPSA) is 55.4 Å². The number of hydrogen-bond donors (Lipinski definition) is 1. The van der Waals surface area contributed by atoms with E-state index in [1.807, 2.05) is 49.4 Å². The van der Waals surface area contributed by atoms with E-state index in [1.165, 1.54) is 0 Å². The van der Waals surface area contributed by atoms with E-state index in [0.717, 1.165) is 18.3 Å². The van der Waals surface area contributed by atoms with Gasteiger partial charge in [0.2, 0.25) is 0 Å². The van der Waals surface area contributed by atoms with Crippen molar-refractivity contribution in [3.05, 3.63) is 48.0 Å². The molecule has 0 unspecified atom stereocenters. The van der Waals surface area contributed by atoms with Crippen LogP contribution < -0.4 is 5.32 Å². The minimum absolute atomic E-state index is 0.190. The van der Waals surface area contributed by atoms with Crippen LogP contribution in [0, 0.1) is 11.8 Å². The third-order valence-electron chi connectivity index (χ3n) is 3.58. The second kappa shape index (κ2) is 6.89. The molecule has 0 spiro atoms. The lowest BCUT2D eigenvalue weighted by Gasteiger charge is -2.28. The predicted octanol–water partition coefficient (Wildman–Crippen LogP) is 2.69. The molecule has 3 atom stereocenters. The van der Waals surface area contributed by atoms with Crippen LogP contribution in [0.1, 0.15) is 18.9 Å². The molecular formula is C16H19NO3. The highest BCUT2D eigenvalue weighted by Crippen LogP contribution is 2.23. The molecule has 20 heavy (non-hydrogen) atoms. The largest absolute Gasteiger partial charge is 0.445 e. The van der Waals surface area contributed by atoms with Crippen LogP contribution in [0.2, 0.25) is 0 Å². The van der Waals surface area contributed by atoms with Crippen LogP contribution >= 0.6 is 0 Å². The first-order valence-electron chi connectivity index (χ1n) is 6.80. The maximum absolute atomic E-state index is 11.8. The van der Waals surface area contributed by atoms with Crippen molar-refractivity contribution in [2.24, 2.45) is 11.8 Å². The second-order valence-electron chi connectivity index (χ2n) is 5.09. The van der Waals surface area contributed by atoms with Crippen LogP contribution in [0.3, 0.4) is 0 Å². The molecule has 1 aliphatic carbocycles. The van der Waals surface area contributed by atoms with Gasteiger partial charge < -0.3 is 14.8 Å². The number of nitrogens with one attached hydrogen (secondary N) is 1. The maximum atomic E-state index is 11.8. The molecule has 0 saturated heterocycles. The molecule has 106 valence electrons. The van der Waals surface area contributed by atoms with E-state index in [-0.39, 0.29) is 24.5 Å². The molecular weight excluding hydrogens is 254 g/mol. The summed E-state index contributed by atoms with van der Waals surface area (Å²) in [5.74, 6) is 0.0428. The van der Waals surface area contributed by atoms with Gasteiger partial charge in [0.05, 0.1) is 6.04 Å².